The van der Waals surface area contributed by atoms with E-state index in [1.54, 1.807) is 39.8 Å². The highest BCUT2D eigenvalue weighted by Gasteiger charge is 2.20. The molecule has 1 amide bonds. The predicted octanol–water partition coefficient (Wildman–Crippen LogP) is 4.03. The number of ether oxygens (including phenoxy) is 1. The van der Waals surface area contributed by atoms with E-state index < -0.39 is 0 Å². The average Bonchev–Trinajstić information content (AvgIpc) is 2.89. The van der Waals surface area contributed by atoms with E-state index in [1.807, 2.05) is 18.2 Å². The maximum Gasteiger partial charge on any atom is 0.262 e. The van der Waals surface area contributed by atoms with Crippen LogP contribution in [0.2, 0.25) is 0 Å². The number of hydrogen-bond donors (Lipinski definition) is 0. The summed E-state index contributed by atoms with van der Waals surface area (Å²) in [4.78, 5) is 45.5. The number of ketones is 1. The molecule has 1 aliphatic rings. The standard InChI is InChI=1S/C26H29N3O4S/c1-2-3-7-12-29-25(32)21-11-10-20(24(31)28-13-15-33-16-14-28)17-22(21)27-26(29)34-18-23(30)19-8-5-4-6-9-19/h4-6,8-11,17H,2-3,7,12-16,18H2,1H3. The lowest BCUT2D eigenvalue weighted by Gasteiger charge is -2.26. The first-order chi connectivity index (χ1) is 16.6. The van der Waals surface area contributed by atoms with Gasteiger partial charge in [0, 0.05) is 30.8 Å². The van der Waals surface area contributed by atoms with E-state index in [0.717, 1.165) is 19.3 Å². The Kier molecular flexibility index (Phi) is 8.13. The molecule has 1 aromatic heterocycles. The Hall–Kier alpha value is -2.97. The van der Waals surface area contributed by atoms with E-state index in [1.165, 1.54) is 11.8 Å². The molecule has 2 aromatic carbocycles. The second-order valence-electron chi connectivity index (χ2n) is 8.27. The Morgan fingerprint density at radius 3 is 2.53 bits per heavy atom. The molecule has 1 aliphatic heterocycles. The number of Topliss-reactive ketones (excluding diaryl/α,β-unsaturated/α-hetero) is 1. The molecule has 0 radical (unpaired) electrons. The van der Waals surface area contributed by atoms with Crippen LogP contribution >= 0.6 is 11.8 Å². The molecule has 178 valence electrons. The van der Waals surface area contributed by atoms with Crippen LogP contribution in [0.1, 0.15) is 46.9 Å². The van der Waals surface area contributed by atoms with Crippen molar-refractivity contribution in [2.45, 2.75) is 37.9 Å². The van der Waals surface area contributed by atoms with Crippen molar-refractivity contribution < 1.29 is 14.3 Å². The van der Waals surface area contributed by atoms with Gasteiger partial charge < -0.3 is 9.64 Å². The second-order valence-corrected chi connectivity index (χ2v) is 9.22. The monoisotopic (exact) mass is 479 g/mol. The molecular weight excluding hydrogens is 450 g/mol. The highest BCUT2D eigenvalue weighted by atomic mass is 32.2. The Labute approximate surface area is 203 Å². The largest absolute Gasteiger partial charge is 0.378 e. The lowest BCUT2D eigenvalue weighted by atomic mass is 10.1. The fraction of sp³-hybridized carbons (Fsp3) is 0.385. The van der Waals surface area contributed by atoms with Crippen molar-refractivity contribution in [2.24, 2.45) is 0 Å². The minimum absolute atomic E-state index is 0.0173. The van der Waals surface area contributed by atoms with Gasteiger partial charge in [0.2, 0.25) is 0 Å². The van der Waals surface area contributed by atoms with Gasteiger partial charge in [0.15, 0.2) is 10.9 Å². The highest BCUT2D eigenvalue weighted by Crippen LogP contribution is 2.21. The van der Waals surface area contributed by atoms with Gasteiger partial charge >= 0.3 is 0 Å². The number of fused-ring (bicyclic) bond motifs is 1. The molecule has 8 heteroatoms. The van der Waals surface area contributed by atoms with E-state index in [-0.39, 0.29) is 23.0 Å². The molecule has 0 unspecified atom stereocenters. The number of hydrogen-bond acceptors (Lipinski definition) is 6. The number of morpholine rings is 1. The number of amides is 1. The van der Waals surface area contributed by atoms with Crippen LogP contribution in [-0.4, -0.2) is 58.2 Å². The smallest absolute Gasteiger partial charge is 0.262 e. The predicted molar refractivity (Wildman–Crippen MR) is 134 cm³/mol. The van der Waals surface area contributed by atoms with Crippen molar-refractivity contribution in [1.82, 2.24) is 14.5 Å². The van der Waals surface area contributed by atoms with Crippen molar-refractivity contribution in [3.05, 3.63) is 70.0 Å². The van der Waals surface area contributed by atoms with Gasteiger partial charge in [0.25, 0.3) is 11.5 Å². The van der Waals surface area contributed by atoms with Gasteiger partial charge in [-0.2, -0.15) is 0 Å². The quantitative estimate of drug-likeness (QED) is 0.199. The first-order valence-electron chi connectivity index (χ1n) is 11.7. The highest BCUT2D eigenvalue weighted by molar-refractivity contribution is 7.99. The third-order valence-electron chi connectivity index (χ3n) is 5.88. The molecule has 2 heterocycles. The summed E-state index contributed by atoms with van der Waals surface area (Å²) in [5.74, 6) is 0.0752. The third-order valence-corrected chi connectivity index (χ3v) is 6.86. The van der Waals surface area contributed by atoms with Crippen LogP contribution in [0, 0.1) is 0 Å². The Morgan fingerprint density at radius 2 is 1.79 bits per heavy atom. The summed E-state index contributed by atoms with van der Waals surface area (Å²) in [6.45, 7) is 4.80. The van der Waals surface area contributed by atoms with E-state index in [9.17, 15) is 14.4 Å². The maximum atomic E-state index is 13.4. The number of benzene rings is 2. The summed E-state index contributed by atoms with van der Waals surface area (Å²) in [7, 11) is 0. The third kappa shape index (κ3) is 5.56. The van der Waals surface area contributed by atoms with Crippen LogP contribution in [-0.2, 0) is 11.3 Å². The normalized spacial score (nSPS) is 13.9. The minimum atomic E-state index is -0.138. The summed E-state index contributed by atoms with van der Waals surface area (Å²) in [6.07, 6.45) is 2.90. The second kappa shape index (κ2) is 11.4. The fourth-order valence-electron chi connectivity index (χ4n) is 3.95. The summed E-state index contributed by atoms with van der Waals surface area (Å²) in [5, 5.41) is 0.989. The zero-order chi connectivity index (χ0) is 23.9. The number of nitrogens with zero attached hydrogens (tertiary/aromatic N) is 3. The van der Waals surface area contributed by atoms with Crippen LogP contribution in [0.5, 0.6) is 0 Å². The Balaban J connectivity index is 1.65. The lowest BCUT2D eigenvalue weighted by molar-refractivity contribution is 0.0303. The van der Waals surface area contributed by atoms with Crippen molar-refractivity contribution in [3.8, 4) is 0 Å². The molecule has 0 N–H and O–H groups in total. The van der Waals surface area contributed by atoms with Crippen LogP contribution in [0.15, 0.2) is 58.5 Å². The van der Waals surface area contributed by atoms with Gasteiger partial charge in [-0.3, -0.25) is 19.0 Å². The van der Waals surface area contributed by atoms with E-state index in [4.69, 9.17) is 9.72 Å². The molecule has 0 saturated carbocycles. The SMILES string of the molecule is CCCCCn1c(SCC(=O)c2ccccc2)nc2cc(C(=O)N3CCOCC3)ccc2c1=O. The maximum absolute atomic E-state index is 13.4. The number of rotatable bonds is 9. The number of unbranched alkanes of at least 4 members (excludes halogenated alkanes) is 2. The average molecular weight is 480 g/mol. The summed E-state index contributed by atoms with van der Waals surface area (Å²) in [6, 6.07) is 14.2. The van der Waals surface area contributed by atoms with Crippen molar-refractivity contribution >= 4 is 34.4 Å². The molecule has 34 heavy (non-hydrogen) atoms. The van der Waals surface area contributed by atoms with Crippen LogP contribution in [0.25, 0.3) is 10.9 Å². The molecule has 7 nitrogen and oxygen atoms in total. The first-order valence-corrected chi connectivity index (χ1v) is 12.7. The van der Waals surface area contributed by atoms with E-state index in [2.05, 4.69) is 6.92 Å². The molecular formula is C26H29N3O4S. The molecule has 0 bridgehead atoms. The van der Waals surface area contributed by atoms with Crippen molar-refractivity contribution in [3.63, 3.8) is 0 Å². The molecule has 1 fully saturated rings. The fourth-order valence-corrected chi connectivity index (χ4v) is 4.87. The van der Waals surface area contributed by atoms with Crippen molar-refractivity contribution in [2.75, 3.05) is 32.1 Å². The minimum Gasteiger partial charge on any atom is -0.378 e. The number of thioether (sulfide) groups is 1. The number of carbonyl (C=O) groups is 2. The summed E-state index contributed by atoms with van der Waals surface area (Å²) in [5.41, 5.74) is 1.47. The van der Waals surface area contributed by atoms with Gasteiger partial charge in [-0.05, 0) is 24.6 Å². The zero-order valence-corrected chi connectivity index (χ0v) is 20.2. The topological polar surface area (TPSA) is 81.5 Å². The molecule has 0 aliphatic carbocycles. The van der Waals surface area contributed by atoms with Crippen LogP contribution < -0.4 is 5.56 Å². The number of aromatic nitrogens is 2. The van der Waals surface area contributed by atoms with E-state index in [0.29, 0.717) is 60.0 Å². The van der Waals surface area contributed by atoms with Gasteiger partial charge in [0.1, 0.15) is 0 Å². The zero-order valence-electron chi connectivity index (χ0n) is 19.4. The molecule has 1 saturated heterocycles. The lowest BCUT2D eigenvalue weighted by Crippen LogP contribution is -2.40. The van der Waals surface area contributed by atoms with Crippen LogP contribution in [0.3, 0.4) is 0 Å². The summed E-state index contributed by atoms with van der Waals surface area (Å²) >= 11 is 1.27. The van der Waals surface area contributed by atoms with Crippen LogP contribution in [0.4, 0.5) is 0 Å². The van der Waals surface area contributed by atoms with Gasteiger partial charge in [-0.1, -0.05) is 61.9 Å². The molecule has 0 atom stereocenters. The number of carbonyl (C=O) groups excluding carboxylic acids is 2. The van der Waals surface area contributed by atoms with Gasteiger partial charge in [-0.25, -0.2) is 4.98 Å². The van der Waals surface area contributed by atoms with Crippen molar-refractivity contribution in [1.29, 1.82) is 0 Å². The Morgan fingerprint density at radius 1 is 1.03 bits per heavy atom. The molecule has 4 rings (SSSR count). The van der Waals surface area contributed by atoms with Gasteiger partial charge in [0.05, 0.1) is 29.9 Å². The van der Waals surface area contributed by atoms with Gasteiger partial charge in [-0.15, -0.1) is 0 Å². The van der Waals surface area contributed by atoms with E-state index >= 15 is 0 Å². The first kappa shape index (κ1) is 24.2. The molecule has 3 aromatic rings. The molecule has 0 spiro atoms. The summed E-state index contributed by atoms with van der Waals surface area (Å²) < 4.78 is 7.01. The Bertz CT molecular complexity index is 1220.